The molecule has 4 heterocycles. The second kappa shape index (κ2) is 10.1. The molecule has 2 aliphatic rings. The van der Waals surface area contributed by atoms with Gasteiger partial charge in [0.25, 0.3) is 5.92 Å². The van der Waals surface area contributed by atoms with Crippen molar-refractivity contribution in [3.63, 3.8) is 0 Å². The Hall–Kier alpha value is -3.71. The number of ether oxygens (including phenoxy) is 2. The number of halogens is 5. The molecule has 1 atom stereocenters. The van der Waals surface area contributed by atoms with Crippen LogP contribution in [0.5, 0.6) is 0 Å². The van der Waals surface area contributed by atoms with E-state index < -0.39 is 48.0 Å². The Balaban J connectivity index is 1.73. The van der Waals surface area contributed by atoms with Crippen LogP contribution in [0.25, 0.3) is 11.3 Å². The van der Waals surface area contributed by atoms with Crippen molar-refractivity contribution in [3.8, 4) is 11.3 Å². The summed E-state index contributed by atoms with van der Waals surface area (Å²) in [7, 11) is 0. The molecular formula is C25H28F5N5O4. The molecule has 2 aromatic rings. The molecule has 1 fully saturated rings. The first-order valence-corrected chi connectivity index (χ1v) is 12.3. The number of pyridine rings is 2. The van der Waals surface area contributed by atoms with Crippen molar-refractivity contribution in [2.45, 2.75) is 57.9 Å². The number of alkyl halides is 5. The van der Waals surface area contributed by atoms with Gasteiger partial charge in [0.15, 0.2) is 6.10 Å². The van der Waals surface area contributed by atoms with Crippen LogP contribution in [0.4, 0.5) is 43.2 Å². The predicted molar refractivity (Wildman–Crippen MR) is 131 cm³/mol. The van der Waals surface area contributed by atoms with Crippen LogP contribution >= 0.6 is 0 Å². The molecule has 0 aliphatic carbocycles. The number of carbonyl (C=O) groups is 2. The van der Waals surface area contributed by atoms with E-state index in [1.807, 2.05) is 0 Å². The van der Waals surface area contributed by atoms with Gasteiger partial charge in [-0.15, -0.1) is 0 Å². The zero-order valence-corrected chi connectivity index (χ0v) is 21.7. The summed E-state index contributed by atoms with van der Waals surface area (Å²) in [6, 6.07) is 2.88. The van der Waals surface area contributed by atoms with E-state index in [4.69, 9.17) is 9.47 Å². The van der Waals surface area contributed by atoms with Gasteiger partial charge < -0.3 is 19.3 Å². The maximum atomic E-state index is 14.8. The van der Waals surface area contributed by atoms with Crippen LogP contribution in [0.15, 0.2) is 24.4 Å². The summed E-state index contributed by atoms with van der Waals surface area (Å²) in [5.41, 5.74) is -2.34. The molecule has 1 saturated heterocycles. The number of cyclic esters (lactones) is 1. The van der Waals surface area contributed by atoms with Gasteiger partial charge in [0.1, 0.15) is 17.2 Å². The molecular weight excluding hydrogens is 529 g/mol. The summed E-state index contributed by atoms with van der Waals surface area (Å²) in [5, 5.41) is 2.24. The van der Waals surface area contributed by atoms with Crippen LogP contribution in [-0.4, -0.2) is 64.8 Å². The zero-order chi connectivity index (χ0) is 28.8. The number of carbonyl (C=O) groups excluding carboxylic acids is 2. The Labute approximate surface area is 221 Å². The molecule has 39 heavy (non-hydrogen) atoms. The van der Waals surface area contributed by atoms with Gasteiger partial charge in [-0.05, 0) is 39.0 Å². The summed E-state index contributed by atoms with van der Waals surface area (Å²) < 4.78 is 81.8. The summed E-state index contributed by atoms with van der Waals surface area (Å²) in [6.07, 6.45) is -8.04. The number of amides is 2. The summed E-state index contributed by atoms with van der Waals surface area (Å²) in [6.45, 7) is 7.06. The second-order valence-corrected chi connectivity index (χ2v) is 10.2. The quantitative estimate of drug-likeness (QED) is 0.470. The molecule has 0 spiro atoms. The predicted octanol–water partition coefficient (Wildman–Crippen LogP) is 5.87. The molecule has 0 bridgehead atoms. The number of aromatic nitrogens is 2. The molecule has 1 N–H and O–H groups in total. The zero-order valence-electron chi connectivity index (χ0n) is 21.7. The molecule has 1 unspecified atom stereocenters. The fraction of sp³-hybridized carbons (Fsp3) is 0.520. The summed E-state index contributed by atoms with van der Waals surface area (Å²) in [4.78, 5) is 35.7. The number of anilines is 2. The van der Waals surface area contributed by atoms with E-state index in [9.17, 15) is 31.5 Å². The van der Waals surface area contributed by atoms with Crippen molar-refractivity contribution >= 4 is 23.8 Å². The smallest absolute Gasteiger partial charge is 0.416 e. The van der Waals surface area contributed by atoms with E-state index in [-0.39, 0.29) is 54.6 Å². The fourth-order valence-electron chi connectivity index (χ4n) is 4.26. The first kappa shape index (κ1) is 28.3. The van der Waals surface area contributed by atoms with Crippen LogP contribution in [0.3, 0.4) is 0 Å². The van der Waals surface area contributed by atoms with Crippen molar-refractivity contribution in [1.29, 1.82) is 0 Å². The average Bonchev–Trinajstić information content (AvgIpc) is 2.86. The largest absolute Gasteiger partial charge is 0.444 e. The first-order valence-electron chi connectivity index (χ1n) is 12.3. The van der Waals surface area contributed by atoms with E-state index in [0.29, 0.717) is 0 Å². The number of hydrogen-bond acceptors (Lipinski definition) is 7. The molecule has 9 nitrogen and oxygen atoms in total. The molecule has 2 aromatic heterocycles. The highest BCUT2D eigenvalue weighted by Crippen LogP contribution is 2.46. The van der Waals surface area contributed by atoms with E-state index in [1.54, 1.807) is 25.7 Å². The van der Waals surface area contributed by atoms with Crippen molar-refractivity contribution in [1.82, 2.24) is 14.9 Å². The lowest BCUT2D eigenvalue weighted by Gasteiger charge is -2.36. The average molecular weight is 558 g/mol. The van der Waals surface area contributed by atoms with Crippen LogP contribution in [0.1, 0.15) is 51.3 Å². The minimum Gasteiger partial charge on any atom is -0.444 e. The molecule has 14 heteroatoms. The third-order valence-corrected chi connectivity index (χ3v) is 6.22. The standard InChI is InChI=1S/C25H28F5N5O4/c1-5-24(26,27)19-18-15(6-7-31-20(18)33-21(36)38-19)16-12-14(25(28,29)30)13-17(32-16)34-8-10-35(11-9-34)22(37)39-23(2,3)4/h6-7,12-13,19H,5,8-11H2,1-4H3,(H,31,33,36). The number of hydrogen-bond donors (Lipinski definition) is 1. The molecule has 0 saturated carbocycles. The first-order chi connectivity index (χ1) is 18.1. The number of nitrogens with zero attached hydrogens (tertiary/aromatic N) is 4. The minimum absolute atomic E-state index is 0.0474. The maximum Gasteiger partial charge on any atom is 0.416 e. The third-order valence-electron chi connectivity index (χ3n) is 6.22. The van der Waals surface area contributed by atoms with Gasteiger partial charge in [0, 0.05) is 44.4 Å². The highest BCUT2D eigenvalue weighted by Gasteiger charge is 2.47. The van der Waals surface area contributed by atoms with Crippen LogP contribution in [0, 0.1) is 0 Å². The molecule has 0 aromatic carbocycles. The van der Waals surface area contributed by atoms with Gasteiger partial charge in [-0.1, -0.05) is 6.92 Å². The highest BCUT2D eigenvalue weighted by molar-refractivity contribution is 5.89. The number of fused-ring (bicyclic) bond motifs is 1. The number of nitrogens with one attached hydrogen (secondary N) is 1. The van der Waals surface area contributed by atoms with Gasteiger partial charge in [0.05, 0.1) is 16.8 Å². The van der Waals surface area contributed by atoms with Crippen molar-refractivity contribution in [3.05, 3.63) is 35.5 Å². The lowest BCUT2D eigenvalue weighted by atomic mass is 9.94. The van der Waals surface area contributed by atoms with Crippen LogP contribution in [0.2, 0.25) is 0 Å². The van der Waals surface area contributed by atoms with E-state index >= 15 is 0 Å². The van der Waals surface area contributed by atoms with Gasteiger partial charge in [0.2, 0.25) is 0 Å². The number of rotatable bonds is 4. The topological polar surface area (TPSA) is 96.9 Å². The van der Waals surface area contributed by atoms with Gasteiger partial charge in [-0.2, -0.15) is 13.2 Å². The molecule has 0 radical (unpaired) electrons. The van der Waals surface area contributed by atoms with Crippen molar-refractivity contribution < 1.29 is 41.0 Å². The second-order valence-electron chi connectivity index (χ2n) is 10.2. The highest BCUT2D eigenvalue weighted by atomic mass is 19.4. The summed E-state index contributed by atoms with van der Waals surface area (Å²) >= 11 is 0. The molecule has 2 aliphatic heterocycles. The Kier molecular flexibility index (Phi) is 7.34. The van der Waals surface area contributed by atoms with Gasteiger partial charge in [-0.25, -0.2) is 28.3 Å². The summed E-state index contributed by atoms with van der Waals surface area (Å²) in [5.74, 6) is -3.81. The van der Waals surface area contributed by atoms with E-state index in [2.05, 4.69) is 15.3 Å². The van der Waals surface area contributed by atoms with Crippen LogP contribution < -0.4 is 10.2 Å². The Bertz CT molecular complexity index is 1260. The molecule has 212 valence electrons. The van der Waals surface area contributed by atoms with Crippen molar-refractivity contribution in [2.75, 3.05) is 36.4 Å². The maximum absolute atomic E-state index is 14.8. The minimum atomic E-state index is -4.77. The Morgan fingerprint density at radius 1 is 1.13 bits per heavy atom. The van der Waals surface area contributed by atoms with E-state index in [0.717, 1.165) is 12.1 Å². The monoisotopic (exact) mass is 557 g/mol. The molecule has 2 amide bonds. The lowest BCUT2D eigenvalue weighted by molar-refractivity contribution is -0.137. The Morgan fingerprint density at radius 2 is 1.79 bits per heavy atom. The van der Waals surface area contributed by atoms with Gasteiger partial charge >= 0.3 is 18.4 Å². The lowest BCUT2D eigenvalue weighted by Crippen LogP contribution is -2.50. The van der Waals surface area contributed by atoms with Crippen molar-refractivity contribution in [2.24, 2.45) is 0 Å². The Morgan fingerprint density at radius 3 is 2.38 bits per heavy atom. The fourth-order valence-corrected chi connectivity index (χ4v) is 4.26. The third kappa shape index (κ3) is 6.14. The SMILES string of the molecule is CCC(F)(F)C1OC(=O)Nc2nccc(-c3cc(C(F)(F)F)cc(N4CCN(C(=O)OC(C)(C)C)CC4)n3)c21. The van der Waals surface area contributed by atoms with Crippen LogP contribution in [-0.2, 0) is 15.7 Å². The normalized spacial score (nSPS) is 18.3. The number of piperazine rings is 1. The molecule has 4 rings (SSSR count). The van der Waals surface area contributed by atoms with E-state index in [1.165, 1.54) is 24.1 Å². The van der Waals surface area contributed by atoms with Gasteiger partial charge in [-0.3, -0.25) is 5.32 Å².